The summed E-state index contributed by atoms with van der Waals surface area (Å²) in [5.41, 5.74) is 4.81. The van der Waals surface area contributed by atoms with E-state index in [0.29, 0.717) is 0 Å². The third-order valence-electron chi connectivity index (χ3n) is 3.98. The molecule has 0 bridgehead atoms. The number of rotatable bonds is 4. The quantitative estimate of drug-likeness (QED) is 0.843. The van der Waals surface area contributed by atoms with E-state index in [0.717, 1.165) is 35.9 Å². The summed E-state index contributed by atoms with van der Waals surface area (Å²) in [6.45, 7) is 5.06. The lowest BCUT2D eigenvalue weighted by Gasteiger charge is -2.20. The van der Waals surface area contributed by atoms with Gasteiger partial charge in [-0.1, -0.05) is 30.7 Å². The number of halogens is 1. The molecule has 21 heavy (non-hydrogen) atoms. The van der Waals surface area contributed by atoms with E-state index in [-0.39, 0.29) is 6.04 Å². The average Bonchev–Trinajstić information content (AvgIpc) is 2.95. The molecule has 0 aromatic heterocycles. The smallest absolute Gasteiger partial charge is 0.122 e. The van der Waals surface area contributed by atoms with Gasteiger partial charge in [0.25, 0.3) is 0 Å². The van der Waals surface area contributed by atoms with E-state index in [9.17, 15) is 0 Å². The van der Waals surface area contributed by atoms with Gasteiger partial charge in [-0.15, -0.1) is 0 Å². The largest absolute Gasteiger partial charge is 0.493 e. The van der Waals surface area contributed by atoms with Gasteiger partial charge in [0, 0.05) is 6.42 Å². The molecule has 2 aromatic carbocycles. The van der Waals surface area contributed by atoms with Gasteiger partial charge >= 0.3 is 0 Å². The Labute approximate surface area is 131 Å². The van der Waals surface area contributed by atoms with Crippen LogP contribution in [0.2, 0.25) is 5.02 Å². The SMILES string of the molecule is CCC(Nc1cc(C)ccc1Cl)c1ccc2c(c1)CCO2. The monoisotopic (exact) mass is 301 g/mol. The Morgan fingerprint density at radius 1 is 1.24 bits per heavy atom. The Morgan fingerprint density at radius 3 is 2.90 bits per heavy atom. The molecule has 1 aliphatic rings. The fourth-order valence-electron chi connectivity index (χ4n) is 2.78. The highest BCUT2D eigenvalue weighted by Crippen LogP contribution is 2.32. The van der Waals surface area contributed by atoms with Crippen LogP contribution in [0, 0.1) is 6.92 Å². The summed E-state index contributed by atoms with van der Waals surface area (Å²) >= 11 is 6.30. The van der Waals surface area contributed by atoms with Crippen LogP contribution < -0.4 is 10.1 Å². The summed E-state index contributed by atoms with van der Waals surface area (Å²) in [5, 5.41) is 4.34. The van der Waals surface area contributed by atoms with Crippen molar-refractivity contribution in [3.8, 4) is 5.75 Å². The minimum Gasteiger partial charge on any atom is -0.493 e. The third kappa shape index (κ3) is 3.01. The van der Waals surface area contributed by atoms with Crippen LogP contribution in [0.1, 0.15) is 36.1 Å². The summed E-state index contributed by atoms with van der Waals surface area (Å²) in [6.07, 6.45) is 2.01. The van der Waals surface area contributed by atoms with Crippen LogP contribution in [-0.4, -0.2) is 6.61 Å². The first-order valence-corrected chi connectivity index (χ1v) is 7.83. The predicted molar refractivity (Wildman–Crippen MR) is 88.5 cm³/mol. The molecule has 110 valence electrons. The Hall–Kier alpha value is -1.67. The molecule has 2 aromatic rings. The lowest BCUT2D eigenvalue weighted by molar-refractivity contribution is 0.357. The van der Waals surface area contributed by atoms with Crippen molar-refractivity contribution in [2.75, 3.05) is 11.9 Å². The number of fused-ring (bicyclic) bond motifs is 1. The highest BCUT2D eigenvalue weighted by molar-refractivity contribution is 6.33. The predicted octanol–water partition coefficient (Wildman–Crippen LogP) is 5.15. The molecule has 3 heteroatoms. The normalized spacial score (nSPS) is 14.4. The number of hydrogen-bond donors (Lipinski definition) is 1. The highest BCUT2D eigenvalue weighted by Gasteiger charge is 2.16. The molecule has 2 nitrogen and oxygen atoms in total. The standard InChI is InChI=1S/C18H20ClNO/c1-3-16(20-17-10-12(2)4-6-15(17)19)13-5-7-18-14(11-13)8-9-21-18/h4-7,10-11,16,20H,3,8-9H2,1-2H3. The van der Waals surface area contributed by atoms with E-state index in [1.165, 1.54) is 16.7 Å². The molecule has 0 aliphatic carbocycles. The van der Waals surface area contributed by atoms with Crippen molar-refractivity contribution in [3.05, 3.63) is 58.1 Å². The van der Waals surface area contributed by atoms with Gasteiger partial charge in [-0.2, -0.15) is 0 Å². The van der Waals surface area contributed by atoms with Crippen molar-refractivity contribution in [2.45, 2.75) is 32.7 Å². The van der Waals surface area contributed by atoms with Crippen LogP contribution in [-0.2, 0) is 6.42 Å². The fraction of sp³-hybridized carbons (Fsp3) is 0.333. The first-order chi connectivity index (χ1) is 10.2. The number of hydrogen-bond acceptors (Lipinski definition) is 2. The van der Waals surface area contributed by atoms with Gasteiger partial charge in [0.05, 0.1) is 23.4 Å². The van der Waals surface area contributed by atoms with Gasteiger partial charge in [-0.05, 0) is 54.3 Å². The van der Waals surface area contributed by atoms with Gasteiger partial charge in [0.1, 0.15) is 5.75 Å². The molecular formula is C18H20ClNO. The van der Waals surface area contributed by atoms with Gasteiger partial charge in [0.15, 0.2) is 0 Å². The minimum absolute atomic E-state index is 0.259. The van der Waals surface area contributed by atoms with Gasteiger partial charge in [0.2, 0.25) is 0 Å². The Morgan fingerprint density at radius 2 is 2.10 bits per heavy atom. The van der Waals surface area contributed by atoms with Crippen molar-refractivity contribution in [1.82, 2.24) is 0 Å². The van der Waals surface area contributed by atoms with E-state index in [2.05, 4.69) is 43.4 Å². The molecule has 3 rings (SSSR count). The number of anilines is 1. The summed E-state index contributed by atoms with van der Waals surface area (Å²) in [7, 11) is 0. The van der Waals surface area contributed by atoms with Crippen molar-refractivity contribution in [3.63, 3.8) is 0 Å². The molecule has 0 saturated heterocycles. The fourth-order valence-corrected chi connectivity index (χ4v) is 2.95. The molecule has 1 N–H and O–H groups in total. The van der Waals surface area contributed by atoms with Crippen molar-refractivity contribution in [1.29, 1.82) is 0 Å². The maximum atomic E-state index is 6.30. The summed E-state index contributed by atoms with van der Waals surface area (Å²) in [5.74, 6) is 1.03. The molecule has 1 atom stereocenters. The molecule has 0 amide bonds. The van der Waals surface area contributed by atoms with E-state index in [1.807, 2.05) is 12.1 Å². The number of ether oxygens (including phenoxy) is 1. The molecule has 0 radical (unpaired) electrons. The maximum Gasteiger partial charge on any atom is 0.122 e. The number of benzene rings is 2. The van der Waals surface area contributed by atoms with Crippen molar-refractivity contribution >= 4 is 17.3 Å². The zero-order valence-electron chi connectivity index (χ0n) is 12.4. The Kier molecular flexibility index (Phi) is 4.07. The summed E-state index contributed by atoms with van der Waals surface area (Å²) in [4.78, 5) is 0. The second-order valence-corrected chi connectivity index (χ2v) is 5.96. The lowest BCUT2D eigenvalue weighted by atomic mass is 10.0. The van der Waals surface area contributed by atoms with Crippen molar-refractivity contribution in [2.24, 2.45) is 0 Å². The molecule has 1 aliphatic heterocycles. The molecule has 0 spiro atoms. The zero-order chi connectivity index (χ0) is 14.8. The van der Waals surface area contributed by atoms with Crippen LogP contribution in [0.5, 0.6) is 5.75 Å². The topological polar surface area (TPSA) is 21.3 Å². The first kappa shape index (κ1) is 14.3. The summed E-state index contributed by atoms with van der Waals surface area (Å²) < 4.78 is 5.58. The van der Waals surface area contributed by atoms with E-state index in [4.69, 9.17) is 16.3 Å². The van der Waals surface area contributed by atoms with Crippen LogP contribution in [0.4, 0.5) is 5.69 Å². The Bertz CT molecular complexity index is 654. The summed E-state index contributed by atoms with van der Waals surface area (Å²) in [6, 6.07) is 12.8. The van der Waals surface area contributed by atoms with Crippen molar-refractivity contribution < 1.29 is 4.74 Å². The van der Waals surface area contributed by atoms with Crippen LogP contribution in [0.25, 0.3) is 0 Å². The Balaban J connectivity index is 1.86. The van der Waals surface area contributed by atoms with E-state index < -0.39 is 0 Å². The third-order valence-corrected chi connectivity index (χ3v) is 4.31. The number of nitrogens with one attached hydrogen (secondary N) is 1. The van der Waals surface area contributed by atoms with Gasteiger partial charge in [-0.3, -0.25) is 0 Å². The molecule has 0 fully saturated rings. The van der Waals surface area contributed by atoms with Crippen LogP contribution >= 0.6 is 11.6 Å². The average molecular weight is 302 g/mol. The highest BCUT2D eigenvalue weighted by atomic mass is 35.5. The molecule has 1 heterocycles. The second-order valence-electron chi connectivity index (χ2n) is 5.55. The van der Waals surface area contributed by atoms with Crippen LogP contribution in [0.15, 0.2) is 36.4 Å². The molecule has 1 unspecified atom stereocenters. The molecular weight excluding hydrogens is 282 g/mol. The van der Waals surface area contributed by atoms with Gasteiger partial charge in [-0.25, -0.2) is 0 Å². The molecule has 0 saturated carbocycles. The van der Waals surface area contributed by atoms with E-state index >= 15 is 0 Å². The van der Waals surface area contributed by atoms with Gasteiger partial charge < -0.3 is 10.1 Å². The second kappa shape index (κ2) is 5.98. The maximum absolute atomic E-state index is 6.30. The lowest BCUT2D eigenvalue weighted by Crippen LogP contribution is -2.10. The minimum atomic E-state index is 0.259. The van der Waals surface area contributed by atoms with E-state index in [1.54, 1.807) is 0 Å². The number of aryl methyl sites for hydroxylation is 1. The van der Waals surface area contributed by atoms with Crippen LogP contribution in [0.3, 0.4) is 0 Å². The first-order valence-electron chi connectivity index (χ1n) is 7.45. The zero-order valence-corrected chi connectivity index (χ0v) is 13.2.